The van der Waals surface area contributed by atoms with Crippen LogP contribution in [0.5, 0.6) is 0 Å². The molecule has 1 amide bonds. The van der Waals surface area contributed by atoms with Crippen LogP contribution in [0.3, 0.4) is 0 Å². The Labute approximate surface area is 105 Å². The highest BCUT2D eigenvalue weighted by Gasteiger charge is 2.23. The van der Waals surface area contributed by atoms with Gasteiger partial charge < -0.3 is 9.32 Å². The smallest absolute Gasteiger partial charge is 0.309 e. The highest BCUT2D eigenvalue weighted by atomic mass is 16.4. The van der Waals surface area contributed by atoms with Crippen LogP contribution in [0.4, 0.5) is 0 Å². The second-order valence-electron chi connectivity index (χ2n) is 4.39. The fraction of sp³-hybridized carbons (Fsp3) is 0.286. The minimum absolute atomic E-state index is 0.102. The summed E-state index contributed by atoms with van der Waals surface area (Å²) in [6, 6.07) is 9.67. The van der Waals surface area contributed by atoms with E-state index >= 15 is 0 Å². The molecular formula is C14H14N2O2. The number of oxazole rings is 1. The number of rotatable bonds is 2. The first-order chi connectivity index (χ1) is 8.84. The Morgan fingerprint density at radius 1 is 1.17 bits per heavy atom. The van der Waals surface area contributed by atoms with E-state index in [2.05, 4.69) is 4.98 Å². The third kappa shape index (κ3) is 2.01. The summed E-state index contributed by atoms with van der Waals surface area (Å²) in [4.78, 5) is 17.9. The van der Waals surface area contributed by atoms with Crippen molar-refractivity contribution in [2.24, 2.45) is 0 Å². The third-order valence-corrected chi connectivity index (χ3v) is 3.14. The number of amides is 1. The van der Waals surface area contributed by atoms with Gasteiger partial charge in [-0.1, -0.05) is 30.3 Å². The van der Waals surface area contributed by atoms with Gasteiger partial charge in [-0.2, -0.15) is 0 Å². The summed E-state index contributed by atoms with van der Waals surface area (Å²) in [7, 11) is 0. The van der Waals surface area contributed by atoms with Gasteiger partial charge in [0.05, 0.1) is 6.20 Å². The Bertz CT molecular complexity index is 542. The standard InChI is InChI=1S/C14H14N2O2/c17-14(16-8-4-5-9-16)13-15-10-12(18-13)11-6-2-1-3-7-11/h1-3,6-7,10H,4-5,8-9H2. The van der Waals surface area contributed by atoms with Crippen molar-refractivity contribution in [2.45, 2.75) is 12.8 Å². The molecule has 1 aromatic carbocycles. The number of likely N-dealkylation sites (tertiary alicyclic amines) is 1. The van der Waals surface area contributed by atoms with Gasteiger partial charge in [0.1, 0.15) is 0 Å². The van der Waals surface area contributed by atoms with Crippen LogP contribution in [0, 0.1) is 0 Å². The number of hydrogen-bond acceptors (Lipinski definition) is 3. The highest BCUT2D eigenvalue weighted by molar-refractivity contribution is 5.90. The molecule has 2 aromatic rings. The lowest BCUT2D eigenvalue weighted by Crippen LogP contribution is -2.27. The first-order valence-electron chi connectivity index (χ1n) is 6.15. The fourth-order valence-electron chi connectivity index (χ4n) is 2.16. The van der Waals surface area contributed by atoms with Crippen molar-refractivity contribution in [2.75, 3.05) is 13.1 Å². The van der Waals surface area contributed by atoms with Crippen molar-refractivity contribution in [3.05, 3.63) is 42.4 Å². The average Bonchev–Trinajstić information content (AvgIpc) is 3.10. The van der Waals surface area contributed by atoms with Crippen LogP contribution in [0.25, 0.3) is 11.3 Å². The molecule has 0 bridgehead atoms. The number of carbonyl (C=O) groups excluding carboxylic acids is 1. The maximum atomic E-state index is 12.1. The number of aromatic nitrogens is 1. The van der Waals surface area contributed by atoms with Crippen molar-refractivity contribution < 1.29 is 9.21 Å². The Kier molecular flexibility index (Phi) is 2.84. The molecule has 1 aliphatic rings. The van der Waals surface area contributed by atoms with Gasteiger partial charge in [0.25, 0.3) is 5.89 Å². The van der Waals surface area contributed by atoms with Gasteiger partial charge in [-0.25, -0.2) is 4.98 Å². The van der Waals surface area contributed by atoms with E-state index in [1.165, 1.54) is 0 Å². The molecule has 1 aromatic heterocycles. The zero-order chi connectivity index (χ0) is 12.4. The zero-order valence-electron chi connectivity index (χ0n) is 10.0. The largest absolute Gasteiger partial charge is 0.432 e. The van der Waals surface area contributed by atoms with E-state index in [-0.39, 0.29) is 11.8 Å². The molecule has 4 nitrogen and oxygen atoms in total. The zero-order valence-corrected chi connectivity index (χ0v) is 10.0. The van der Waals surface area contributed by atoms with E-state index < -0.39 is 0 Å². The molecule has 0 aliphatic carbocycles. The molecule has 1 fully saturated rings. The Morgan fingerprint density at radius 2 is 1.89 bits per heavy atom. The molecule has 0 unspecified atom stereocenters. The number of benzene rings is 1. The summed E-state index contributed by atoms with van der Waals surface area (Å²) >= 11 is 0. The van der Waals surface area contributed by atoms with Crippen molar-refractivity contribution in [3.63, 3.8) is 0 Å². The normalized spacial score (nSPS) is 15.0. The summed E-state index contributed by atoms with van der Waals surface area (Å²) in [6.07, 6.45) is 3.74. The number of nitrogens with zero attached hydrogens (tertiary/aromatic N) is 2. The van der Waals surface area contributed by atoms with Crippen LogP contribution in [-0.2, 0) is 0 Å². The second kappa shape index (κ2) is 4.64. The van der Waals surface area contributed by atoms with Crippen molar-refractivity contribution in [1.82, 2.24) is 9.88 Å². The van der Waals surface area contributed by atoms with E-state index in [9.17, 15) is 4.79 Å². The topological polar surface area (TPSA) is 46.3 Å². The quantitative estimate of drug-likeness (QED) is 0.813. The summed E-state index contributed by atoms with van der Waals surface area (Å²) in [5.41, 5.74) is 0.936. The molecule has 0 atom stereocenters. The van der Waals surface area contributed by atoms with Crippen LogP contribution in [0.1, 0.15) is 23.5 Å². The van der Waals surface area contributed by atoms with E-state index in [1.54, 1.807) is 11.1 Å². The van der Waals surface area contributed by atoms with Crippen molar-refractivity contribution in [1.29, 1.82) is 0 Å². The summed E-state index contributed by atoms with van der Waals surface area (Å²) < 4.78 is 5.54. The molecule has 18 heavy (non-hydrogen) atoms. The molecule has 92 valence electrons. The molecule has 0 N–H and O–H groups in total. The molecule has 1 saturated heterocycles. The maximum Gasteiger partial charge on any atom is 0.309 e. The lowest BCUT2D eigenvalue weighted by atomic mass is 10.2. The van der Waals surface area contributed by atoms with Gasteiger partial charge in [0.15, 0.2) is 5.76 Å². The Morgan fingerprint density at radius 3 is 2.61 bits per heavy atom. The lowest BCUT2D eigenvalue weighted by Gasteiger charge is -2.11. The van der Waals surface area contributed by atoms with E-state index in [0.29, 0.717) is 5.76 Å². The molecule has 0 saturated carbocycles. The molecule has 4 heteroatoms. The summed E-state index contributed by atoms with van der Waals surface area (Å²) in [5, 5.41) is 0. The maximum absolute atomic E-state index is 12.1. The fourth-order valence-corrected chi connectivity index (χ4v) is 2.16. The van der Waals surface area contributed by atoms with Gasteiger partial charge >= 0.3 is 5.91 Å². The van der Waals surface area contributed by atoms with Gasteiger partial charge in [0, 0.05) is 18.7 Å². The van der Waals surface area contributed by atoms with Crippen LogP contribution in [-0.4, -0.2) is 28.9 Å². The van der Waals surface area contributed by atoms with Crippen LogP contribution >= 0.6 is 0 Å². The molecule has 3 rings (SSSR count). The summed E-state index contributed by atoms with van der Waals surface area (Å²) in [6.45, 7) is 1.61. The number of hydrogen-bond donors (Lipinski definition) is 0. The van der Waals surface area contributed by atoms with Crippen LogP contribution < -0.4 is 0 Å². The predicted octanol–water partition coefficient (Wildman–Crippen LogP) is 2.58. The first-order valence-corrected chi connectivity index (χ1v) is 6.15. The van der Waals surface area contributed by atoms with Gasteiger partial charge in [-0.15, -0.1) is 0 Å². The second-order valence-corrected chi connectivity index (χ2v) is 4.39. The summed E-state index contributed by atoms with van der Waals surface area (Å²) in [5.74, 6) is 0.726. The molecular weight excluding hydrogens is 228 g/mol. The van der Waals surface area contributed by atoms with Crippen molar-refractivity contribution >= 4 is 5.91 Å². The van der Waals surface area contributed by atoms with Gasteiger partial charge in [0.2, 0.25) is 0 Å². The SMILES string of the molecule is O=C(c1ncc(-c2ccccc2)o1)N1CCCC1. The van der Waals surface area contributed by atoms with Crippen molar-refractivity contribution in [3.8, 4) is 11.3 Å². The average molecular weight is 242 g/mol. The Balaban J connectivity index is 1.83. The van der Waals surface area contributed by atoms with E-state index in [1.807, 2.05) is 30.3 Å². The third-order valence-electron chi connectivity index (χ3n) is 3.14. The molecule has 0 spiro atoms. The van der Waals surface area contributed by atoms with Gasteiger partial charge in [-0.05, 0) is 12.8 Å². The lowest BCUT2D eigenvalue weighted by molar-refractivity contribution is 0.0754. The monoisotopic (exact) mass is 242 g/mol. The van der Waals surface area contributed by atoms with Crippen LogP contribution in [0.15, 0.2) is 40.9 Å². The predicted molar refractivity (Wildman–Crippen MR) is 67.1 cm³/mol. The molecule has 0 radical (unpaired) electrons. The minimum atomic E-state index is -0.102. The van der Waals surface area contributed by atoms with Crippen LogP contribution in [0.2, 0.25) is 0 Å². The molecule has 1 aliphatic heterocycles. The van der Waals surface area contributed by atoms with Gasteiger partial charge in [-0.3, -0.25) is 4.79 Å². The minimum Gasteiger partial charge on any atom is -0.432 e. The first kappa shape index (κ1) is 11.0. The van der Waals surface area contributed by atoms with E-state index in [4.69, 9.17) is 4.42 Å². The van der Waals surface area contributed by atoms with E-state index in [0.717, 1.165) is 31.5 Å². The highest BCUT2D eigenvalue weighted by Crippen LogP contribution is 2.21. The number of carbonyl (C=O) groups is 1. The molecule has 2 heterocycles. The Hall–Kier alpha value is -2.10.